The standard InChI is InChI=1S/C24H23N2/c1-16-13-17(2)18(3)22(14-16)24-23-15-21(19-7-10-25-11-8-19)6-5-20(23)9-12-26(24)4/h5-15H,1-4H3/q+1. The summed E-state index contributed by atoms with van der Waals surface area (Å²) < 4.78 is 2.24. The Kier molecular flexibility index (Phi) is 4.04. The van der Waals surface area contributed by atoms with Gasteiger partial charge in [-0.05, 0) is 72.7 Å². The molecule has 0 saturated carbocycles. The third-order valence-electron chi connectivity index (χ3n) is 5.22. The molecule has 0 radical (unpaired) electrons. The van der Waals surface area contributed by atoms with Crippen molar-refractivity contribution >= 4 is 10.8 Å². The number of hydrogen-bond donors (Lipinski definition) is 0. The van der Waals surface area contributed by atoms with Gasteiger partial charge in [-0.3, -0.25) is 4.98 Å². The van der Waals surface area contributed by atoms with Crippen LogP contribution in [0.2, 0.25) is 0 Å². The van der Waals surface area contributed by atoms with Gasteiger partial charge in [0.05, 0.1) is 10.9 Å². The lowest BCUT2D eigenvalue weighted by molar-refractivity contribution is -0.659. The predicted octanol–water partition coefficient (Wildman–Crippen LogP) is 5.32. The molecule has 0 aliphatic heterocycles. The van der Waals surface area contributed by atoms with Gasteiger partial charge in [0.1, 0.15) is 7.05 Å². The first-order chi connectivity index (χ1) is 12.5. The molecule has 0 atom stereocenters. The summed E-state index contributed by atoms with van der Waals surface area (Å²) in [5, 5.41) is 2.53. The molecule has 0 fully saturated rings. The summed E-state index contributed by atoms with van der Waals surface area (Å²) >= 11 is 0. The van der Waals surface area contributed by atoms with Gasteiger partial charge in [-0.2, -0.15) is 0 Å². The minimum Gasteiger partial charge on any atom is -0.265 e. The van der Waals surface area contributed by atoms with Gasteiger partial charge < -0.3 is 0 Å². The van der Waals surface area contributed by atoms with E-state index in [-0.39, 0.29) is 0 Å². The molecule has 4 rings (SSSR count). The molecule has 2 nitrogen and oxygen atoms in total. The van der Waals surface area contributed by atoms with Crippen molar-refractivity contribution in [3.63, 3.8) is 0 Å². The maximum atomic E-state index is 4.14. The third kappa shape index (κ3) is 2.78. The van der Waals surface area contributed by atoms with Crippen LogP contribution in [0.5, 0.6) is 0 Å². The molecule has 128 valence electrons. The van der Waals surface area contributed by atoms with Crippen LogP contribution in [-0.2, 0) is 7.05 Å². The summed E-state index contributed by atoms with van der Waals surface area (Å²) in [5.41, 5.74) is 8.96. The van der Waals surface area contributed by atoms with Crippen molar-refractivity contribution in [2.75, 3.05) is 0 Å². The fourth-order valence-electron chi connectivity index (χ4n) is 3.71. The van der Waals surface area contributed by atoms with Crippen LogP contribution < -0.4 is 4.57 Å². The fraction of sp³-hybridized carbons (Fsp3) is 0.167. The Bertz CT molecular complexity index is 1110. The SMILES string of the molecule is Cc1cc(C)c(C)c(-c2c3cc(-c4ccncc4)ccc3cc[n+]2C)c1. The summed E-state index contributed by atoms with van der Waals surface area (Å²) in [4.78, 5) is 4.14. The van der Waals surface area contributed by atoms with Crippen LogP contribution in [0.4, 0.5) is 0 Å². The lowest BCUT2D eigenvalue weighted by Gasteiger charge is -2.12. The molecule has 0 unspecified atom stereocenters. The van der Waals surface area contributed by atoms with Crippen molar-refractivity contribution in [2.24, 2.45) is 7.05 Å². The Balaban J connectivity index is 2.04. The molecule has 2 aromatic carbocycles. The van der Waals surface area contributed by atoms with Crippen LogP contribution in [0.3, 0.4) is 0 Å². The van der Waals surface area contributed by atoms with E-state index in [1.54, 1.807) is 0 Å². The normalized spacial score (nSPS) is 11.1. The summed E-state index contributed by atoms with van der Waals surface area (Å²) in [6.07, 6.45) is 5.85. The summed E-state index contributed by atoms with van der Waals surface area (Å²) in [7, 11) is 2.13. The van der Waals surface area contributed by atoms with Gasteiger partial charge >= 0.3 is 0 Å². The van der Waals surface area contributed by atoms with Crippen LogP contribution in [0, 0.1) is 20.8 Å². The molecule has 2 aromatic heterocycles. The van der Waals surface area contributed by atoms with Crippen molar-refractivity contribution in [1.82, 2.24) is 4.98 Å². The Labute approximate surface area is 154 Å². The number of fused-ring (bicyclic) bond motifs is 1. The van der Waals surface area contributed by atoms with Gasteiger partial charge in [0.25, 0.3) is 0 Å². The van der Waals surface area contributed by atoms with Crippen molar-refractivity contribution in [2.45, 2.75) is 20.8 Å². The quantitative estimate of drug-likeness (QED) is 0.452. The molecular weight excluding hydrogens is 316 g/mol. The molecule has 4 aromatic rings. The highest BCUT2D eigenvalue weighted by molar-refractivity contribution is 5.96. The number of rotatable bonds is 2. The molecule has 0 aliphatic carbocycles. The molecule has 0 saturated heterocycles. The minimum atomic E-state index is 1.19. The van der Waals surface area contributed by atoms with Gasteiger partial charge in [-0.15, -0.1) is 0 Å². The van der Waals surface area contributed by atoms with Crippen LogP contribution in [0.15, 0.2) is 67.1 Å². The first-order valence-electron chi connectivity index (χ1n) is 8.95. The minimum absolute atomic E-state index is 1.19. The number of nitrogens with zero attached hydrogens (tertiary/aromatic N) is 2. The van der Waals surface area contributed by atoms with E-state index >= 15 is 0 Å². The zero-order valence-electron chi connectivity index (χ0n) is 15.7. The van der Waals surface area contributed by atoms with E-state index in [2.05, 4.69) is 92.1 Å². The highest BCUT2D eigenvalue weighted by Gasteiger charge is 2.19. The molecule has 0 amide bonds. The van der Waals surface area contributed by atoms with Gasteiger partial charge in [-0.1, -0.05) is 23.8 Å². The van der Waals surface area contributed by atoms with Crippen LogP contribution in [0.25, 0.3) is 33.2 Å². The van der Waals surface area contributed by atoms with E-state index in [9.17, 15) is 0 Å². The second-order valence-corrected chi connectivity index (χ2v) is 7.07. The number of pyridine rings is 2. The van der Waals surface area contributed by atoms with E-state index in [4.69, 9.17) is 0 Å². The molecule has 0 aliphatic rings. The van der Waals surface area contributed by atoms with Crippen molar-refractivity contribution in [3.8, 4) is 22.4 Å². The Morgan fingerprint density at radius 1 is 0.808 bits per heavy atom. The van der Waals surface area contributed by atoms with Crippen molar-refractivity contribution in [1.29, 1.82) is 0 Å². The molecule has 0 bridgehead atoms. The number of hydrogen-bond acceptors (Lipinski definition) is 1. The Hall–Kier alpha value is -3.00. The summed E-state index contributed by atoms with van der Waals surface area (Å²) in [5.74, 6) is 0. The van der Waals surface area contributed by atoms with Gasteiger partial charge in [0.2, 0.25) is 5.69 Å². The van der Waals surface area contributed by atoms with Crippen LogP contribution >= 0.6 is 0 Å². The maximum absolute atomic E-state index is 4.14. The Morgan fingerprint density at radius 2 is 1.58 bits per heavy atom. The van der Waals surface area contributed by atoms with E-state index < -0.39 is 0 Å². The third-order valence-corrected chi connectivity index (χ3v) is 5.22. The monoisotopic (exact) mass is 339 g/mol. The van der Waals surface area contributed by atoms with E-state index in [1.807, 2.05) is 12.4 Å². The highest BCUT2D eigenvalue weighted by atomic mass is 14.9. The van der Waals surface area contributed by atoms with Crippen molar-refractivity contribution in [3.05, 3.63) is 83.8 Å². The molecule has 26 heavy (non-hydrogen) atoms. The summed E-state index contributed by atoms with van der Waals surface area (Å²) in [6, 6.07) is 17.6. The average Bonchev–Trinajstić information content (AvgIpc) is 2.65. The van der Waals surface area contributed by atoms with Crippen LogP contribution in [0.1, 0.15) is 16.7 Å². The molecule has 2 heteroatoms. The molecule has 2 heterocycles. The van der Waals surface area contributed by atoms with Gasteiger partial charge in [-0.25, -0.2) is 4.57 Å². The lowest BCUT2D eigenvalue weighted by Crippen LogP contribution is -2.30. The average molecular weight is 339 g/mol. The largest absolute Gasteiger partial charge is 0.265 e. The molecule has 0 spiro atoms. The molecule has 0 N–H and O–H groups in total. The van der Waals surface area contributed by atoms with E-state index in [1.165, 1.54) is 49.8 Å². The predicted molar refractivity (Wildman–Crippen MR) is 108 cm³/mol. The second-order valence-electron chi connectivity index (χ2n) is 7.07. The van der Waals surface area contributed by atoms with E-state index in [0.29, 0.717) is 0 Å². The first kappa shape index (κ1) is 16.5. The first-order valence-corrected chi connectivity index (χ1v) is 8.95. The number of aromatic nitrogens is 2. The van der Waals surface area contributed by atoms with Crippen molar-refractivity contribution < 1.29 is 4.57 Å². The van der Waals surface area contributed by atoms with Crippen LogP contribution in [-0.4, -0.2) is 4.98 Å². The second kappa shape index (κ2) is 6.38. The van der Waals surface area contributed by atoms with E-state index in [0.717, 1.165) is 0 Å². The molecular formula is C24H23N2+. The maximum Gasteiger partial charge on any atom is 0.220 e. The smallest absolute Gasteiger partial charge is 0.220 e. The number of benzene rings is 2. The Morgan fingerprint density at radius 3 is 2.35 bits per heavy atom. The zero-order valence-corrected chi connectivity index (χ0v) is 15.7. The summed E-state index contributed by atoms with van der Waals surface area (Å²) in [6.45, 7) is 6.58. The topological polar surface area (TPSA) is 16.8 Å². The van der Waals surface area contributed by atoms with Gasteiger partial charge in [0, 0.05) is 18.5 Å². The zero-order chi connectivity index (χ0) is 18.3. The number of aryl methyl sites for hydroxylation is 3. The van der Waals surface area contributed by atoms with Gasteiger partial charge in [0.15, 0.2) is 6.20 Å². The fourth-order valence-corrected chi connectivity index (χ4v) is 3.71. The lowest BCUT2D eigenvalue weighted by atomic mass is 9.93. The highest BCUT2D eigenvalue weighted by Crippen LogP contribution is 2.32.